The second-order valence-electron chi connectivity index (χ2n) is 4.58. The van der Waals surface area contributed by atoms with Gasteiger partial charge in [0.2, 0.25) is 0 Å². The van der Waals surface area contributed by atoms with E-state index in [1.807, 2.05) is 19.1 Å². The first-order chi connectivity index (χ1) is 9.04. The Kier molecular flexibility index (Phi) is 6.50. The molecule has 19 heavy (non-hydrogen) atoms. The number of hydrogen-bond acceptors (Lipinski definition) is 2. The molecule has 0 aromatic heterocycles. The summed E-state index contributed by atoms with van der Waals surface area (Å²) in [7, 11) is 0. The SMILES string of the molecule is C=C(C)CC(NCCC)c1ccccc1OC(F)F. The van der Waals surface area contributed by atoms with Gasteiger partial charge in [-0.3, -0.25) is 0 Å². The molecule has 0 aliphatic carbocycles. The highest BCUT2D eigenvalue weighted by molar-refractivity contribution is 5.36. The lowest BCUT2D eigenvalue weighted by Crippen LogP contribution is -2.23. The zero-order valence-electron chi connectivity index (χ0n) is 11.5. The lowest BCUT2D eigenvalue weighted by atomic mass is 9.99. The van der Waals surface area contributed by atoms with Gasteiger partial charge in [-0.2, -0.15) is 8.78 Å². The van der Waals surface area contributed by atoms with E-state index in [2.05, 4.69) is 23.6 Å². The van der Waals surface area contributed by atoms with Crippen LogP contribution >= 0.6 is 0 Å². The quantitative estimate of drug-likeness (QED) is 0.711. The number of halogens is 2. The Morgan fingerprint density at radius 2 is 2.05 bits per heavy atom. The van der Waals surface area contributed by atoms with E-state index in [0.29, 0.717) is 6.42 Å². The number of para-hydroxylation sites is 1. The predicted molar refractivity (Wildman–Crippen MR) is 73.5 cm³/mol. The van der Waals surface area contributed by atoms with Gasteiger partial charge in [-0.05, 0) is 32.4 Å². The fourth-order valence-corrected chi connectivity index (χ4v) is 1.93. The van der Waals surface area contributed by atoms with Crippen molar-refractivity contribution in [3.8, 4) is 5.75 Å². The average molecular weight is 269 g/mol. The molecule has 0 fully saturated rings. The van der Waals surface area contributed by atoms with Crippen LogP contribution in [0.2, 0.25) is 0 Å². The van der Waals surface area contributed by atoms with Crippen molar-refractivity contribution in [2.24, 2.45) is 0 Å². The van der Waals surface area contributed by atoms with Crippen LogP contribution in [0.4, 0.5) is 8.78 Å². The molecule has 0 bridgehead atoms. The molecule has 1 rings (SSSR count). The molecule has 2 nitrogen and oxygen atoms in total. The van der Waals surface area contributed by atoms with Crippen LogP contribution in [-0.4, -0.2) is 13.2 Å². The number of rotatable bonds is 8. The minimum absolute atomic E-state index is 0.0487. The van der Waals surface area contributed by atoms with Gasteiger partial charge < -0.3 is 10.1 Å². The van der Waals surface area contributed by atoms with Gasteiger partial charge in [0, 0.05) is 11.6 Å². The van der Waals surface area contributed by atoms with E-state index in [-0.39, 0.29) is 11.8 Å². The molecular weight excluding hydrogens is 248 g/mol. The van der Waals surface area contributed by atoms with Crippen molar-refractivity contribution in [2.45, 2.75) is 39.3 Å². The molecule has 0 saturated carbocycles. The summed E-state index contributed by atoms with van der Waals surface area (Å²) in [5.41, 5.74) is 1.75. The molecule has 0 radical (unpaired) electrons. The van der Waals surface area contributed by atoms with E-state index in [9.17, 15) is 8.78 Å². The van der Waals surface area contributed by atoms with Gasteiger partial charge in [0.1, 0.15) is 5.75 Å². The van der Waals surface area contributed by atoms with Crippen LogP contribution in [0.3, 0.4) is 0 Å². The minimum atomic E-state index is -2.81. The molecule has 0 amide bonds. The van der Waals surface area contributed by atoms with Crippen LogP contribution in [0.5, 0.6) is 5.75 Å². The molecule has 1 aromatic rings. The predicted octanol–water partition coefficient (Wildman–Crippen LogP) is 4.29. The van der Waals surface area contributed by atoms with E-state index in [0.717, 1.165) is 24.1 Å². The van der Waals surface area contributed by atoms with Gasteiger partial charge in [0.25, 0.3) is 0 Å². The van der Waals surface area contributed by atoms with Crippen LogP contribution in [0.15, 0.2) is 36.4 Å². The highest BCUT2D eigenvalue weighted by atomic mass is 19.3. The topological polar surface area (TPSA) is 21.3 Å². The Bertz CT molecular complexity index is 407. The van der Waals surface area contributed by atoms with E-state index in [1.54, 1.807) is 12.1 Å². The standard InChI is InChI=1S/C15H21F2NO/c1-4-9-18-13(10-11(2)3)12-7-5-6-8-14(12)19-15(16)17/h5-8,13,15,18H,2,4,9-10H2,1,3H3. The summed E-state index contributed by atoms with van der Waals surface area (Å²) in [6, 6.07) is 6.85. The molecular formula is C15H21F2NO. The molecule has 106 valence electrons. The zero-order chi connectivity index (χ0) is 14.3. The summed E-state index contributed by atoms with van der Waals surface area (Å²) in [5, 5.41) is 3.34. The summed E-state index contributed by atoms with van der Waals surface area (Å²) < 4.78 is 29.4. The van der Waals surface area contributed by atoms with Crippen molar-refractivity contribution in [3.05, 3.63) is 42.0 Å². The summed E-state index contributed by atoms with van der Waals surface area (Å²) in [6.45, 7) is 5.89. The van der Waals surface area contributed by atoms with Crippen LogP contribution in [0.25, 0.3) is 0 Å². The van der Waals surface area contributed by atoms with E-state index in [1.165, 1.54) is 0 Å². The maximum atomic E-state index is 12.4. The first-order valence-electron chi connectivity index (χ1n) is 6.46. The van der Waals surface area contributed by atoms with Crippen LogP contribution < -0.4 is 10.1 Å². The first-order valence-corrected chi connectivity index (χ1v) is 6.46. The molecule has 1 unspecified atom stereocenters. The number of alkyl halides is 2. The Hall–Kier alpha value is -1.42. The molecule has 0 aliphatic rings. The third kappa shape index (κ3) is 5.39. The second kappa shape index (κ2) is 7.89. The largest absolute Gasteiger partial charge is 0.434 e. The van der Waals surface area contributed by atoms with Crippen molar-refractivity contribution in [1.29, 1.82) is 0 Å². The molecule has 0 heterocycles. The van der Waals surface area contributed by atoms with E-state index in [4.69, 9.17) is 0 Å². The third-order valence-electron chi connectivity index (χ3n) is 2.70. The summed E-state index contributed by atoms with van der Waals surface area (Å²) in [5.74, 6) is 0.229. The van der Waals surface area contributed by atoms with Crippen LogP contribution in [0.1, 0.15) is 38.3 Å². The van der Waals surface area contributed by atoms with Crippen molar-refractivity contribution >= 4 is 0 Å². The Labute approximate surface area is 113 Å². The first kappa shape index (κ1) is 15.6. The third-order valence-corrected chi connectivity index (χ3v) is 2.70. The van der Waals surface area contributed by atoms with E-state index >= 15 is 0 Å². The Morgan fingerprint density at radius 3 is 2.63 bits per heavy atom. The Morgan fingerprint density at radius 1 is 1.37 bits per heavy atom. The maximum absolute atomic E-state index is 12.4. The normalized spacial score (nSPS) is 12.5. The smallest absolute Gasteiger partial charge is 0.387 e. The monoisotopic (exact) mass is 269 g/mol. The highest BCUT2D eigenvalue weighted by Crippen LogP contribution is 2.30. The fourth-order valence-electron chi connectivity index (χ4n) is 1.93. The van der Waals surface area contributed by atoms with Crippen molar-refractivity contribution in [3.63, 3.8) is 0 Å². The zero-order valence-corrected chi connectivity index (χ0v) is 11.5. The highest BCUT2D eigenvalue weighted by Gasteiger charge is 2.17. The summed E-state index contributed by atoms with van der Waals surface area (Å²) in [6.07, 6.45) is 1.67. The summed E-state index contributed by atoms with van der Waals surface area (Å²) in [4.78, 5) is 0. The second-order valence-corrected chi connectivity index (χ2v) is 4.58. The molecule has 1 atom stereocenters. The maximum Gasteiger partial charge on any atom is 0.387 e. The number of benzene rings is 1. The Balaban J connectivity index is 2.95. The minimum Gasteiger partial charge on any atom is -0.434 e. The lowest BCUT2D eigenvalue weighted by Gasteiger charge is -2.21. The van der Waals surface area contributed by atoms with E-state index < -0.39 is 6.61 Å². The molecule has 0 spiro atoms. The molecule has 1 aromatic carbocycles. The molecule has 4 heteroatoms. The number of nitrogens with one attached hydrogen (secondary N) is 1. The summed E-state index contributed by atoms with van der Waals surface area (Å²) >= 11 is 0. The van der Waals surface area contributed by atoms with Gasteiger partial charge in [-0.1, -0.05) is 30.7 Å². The van der Waals surface area contributed by atoms with Crippen LogP contribution in [0, 0.1) is 0 Å². The van der Waals surface area contributed by atoms with Crippen molar-refractivity contribution in [1.82, 2.24) is 5.32 Å². The van der Waals surface area contributed by atoms with Gasteiger partial charge >= 0.3 is 6.61 Å². The van der Waals surface area contributed by atoms with Gasteiger partial charge in [0.05, 0.1) is 0 Å². The number of hydrogen-bond donors (Lipinski definition) is 1. The molecule has 0 saturated heterocycles. The molecule has 1 N–H and O–H groups in total. The average Bonchev–Trinajstić information content (AvgIpc) is 2.34. The van der Waals surface area contributed by atoms with Gasteiger partial charge in [-0.25, -0.2) is 0 Å². The van der Waals surface area contributed by atoms with Gasteiger partial charge in [0.15, 0.2) is 0 Å². The van der Waals surface area contributed by atoms with Crippen molar-refractivity contribution in [2.75, 3.05) is 6.54 Å². The molecule has 0 aliphatic heterocycles. The fraction of sp³-hybridized carbons (Fsp3) is 0.467. The lowest BCUT2D eigenvalue weighted by molar-refractivity contribution is -0.0507. The number of ether oxygens (including phenoxy) is 1. The van der Waals surface area contributed by atoms with Crippen molar-refractivity contribution < 1.29 is 13.5 Å². The van der Waals surface area contributed by atoms with Crippen LogP contribution in [-0.2, 0) is 0 Å². The van der Waals surface area contributed by atoms with Gasteiger partial charge in [-0.15, -0.1) is 6.58 Å².